The minimum absolute atomic E-state index is 0.0489. The zero-order valence-electron chi connectivity index (χ0n) is 12.3. The van der Waals surface area contributed by atoms with Crippen LogP contribution in [-0.2, 0) is 0 Å². The van der Waals surface area contributed by atoms with Gasteiger partial charge in [0.1, 0.15) is 11.4 Å². The molecule has 0 N–H and O–H groups in total. The molecule has 5 nitrogen and oxygen atoms in total. The maximum atomic E-state index is 12.5. The Morgan fingerprint density at radius 1 is 1.25 bits per heavy atom. The molecule has 20 heavy (non-hydrogen) atoms. The van der Waals surface area contributed by atoms with E-state index in [-0.39, 0.29) is 5.78 Å². The predicted octanol–water partition coefficient (Wildman–Crippen LogP) is 2.89. The average molecular weight is 273 g/mol. The van der Waals surface area contributed by atoms with Crippen molar-refractivity contribution in [1.82, 2.24) is 15.0 Å². The summed E-state index contributed by atoms with van der Waals surface area (Å²) in [6.45, 7) is 8.17. The number of aromatic nitrogens is 3. The maximum absolute atomic E-state index is 12.5. The van der Waals surface area contributed by atoms with Gasteiger partial charge in [0.15, 0.2) is 5.78 Å². The fourth-order valence-corrected chi connectivity index (χ4v) is 1.87. The van der Waals surface area contributed by atoms with Crippen molar-refractivity contribution < 1.29 is 9.53 Å². The van der Waals surface area contributed by atoms with Crippen molar-refractivity contribution >= 4 is 5.78 Å². The lowest BCUT2D eigenvalue weighted by Crippen LogP contribution is -2.22. The molecule has 0 unspecified atom stereocenters. The first-order chi connectivity index (χ1) is 9.43. The summed E-state index contributed by atoms with van der Waals surface area (Å²) in [5.41, 5.74) is 0.771. The molecule has 5 heteroatoms. The minimum atomic E-state index is -0.463. The monoisotopic (exact) mass is 273 g/mol. The third kappa shape index (κ3) is 2.87. The number of carbonyl (C=O) groups is 1. The molecular weight excluding hydrogens is 254 g/mol. The van der Waals surface area contributed by atoms with Crippen LogP contribution in [0.3, 0.4) is 0 Å². The molecule has 106 valence electrons. The average Bonchev–Trinajstić information content (AvgIpc) is 2.91. The van der Waals surface area contributed by atoms with Gasteiger partial charge in [0, 0.05) is 17.0 Å². The Balaban J connectivity index is 2.54. The highest BCUT2D eigenvalue weighted by atomic mass is 16.5. The van der Waals surface area contributed by atoms with Gasteiger partial charge in [-0.2, -0.15) is 15.0 Å². The van der Waals surface area contributed by atoms with Crippen molar-refractivity contribution in [2.45, 2.75) is 27.7 Å². The molecule has 1 aromatic heterocycles. The van der Waals surface area contributed by atoms with Crippen LogP contribution in [-0.4, -0.2) is 27.4 Å². The Labute approximate surface area is 118 Å². The Bertz CT molecular complexity index is 598. The molecule has 0 fully saturated rings. The smallest absolute Gasteiger partial charge is 0.170 e. The van der Waals surface area contributed by atoms with Crippen molar-refractivity contribution in [3.8, 4) is 11.4 Å². The molecule has 0 spiro atoms. The highest BCUT2D eigenvalue weighted by Crippen LogP contribution is 2.27. The summed E-state index contributed by atoms with van der Waals surface area (Å²) in [6, 6.07) is 5.37. The zero-order chi connectivity index (χ0) is 14.8. The minimum Gasteiger partial charge on any atom is -0.494 e. The molecule has 1 heterocycles. The molecule has 2 aromatic rings. The summed E-state index contributed by atoms with van der Waals surface area (Å²) in [5.74, 6) is 0.748. The van der Waals surface area contributed by atoms with Crippen molar-refractivity contribution in [3.05, 3.63) is 36.2 Å². The van der Waals surface area contributed by atoms with Crippen molar-refractivity contribution in [3.63, 3.8) is 0 Å². The lowest BCUT2D eigenvalue weighted by Gasteiger charge is -2.19. The highest BCUT2D eigenvalue weighted by Gasteiger charge is 2.26. The van der Waals surface area contributed by atoms with Crippen molar-refractivity contribution in [2.24, 2.45) is 5.41 Å². The molecule has 0 amide bonds. The van der Waals surface area contributed by atoms with Crippen LogP contribution in [0.2, 0.25) is 0 Å². The van der Waals surface area contributed by atoms with Crippen molar-refractivity contribution in [1.29, 1.82) is 0 Å². The van der Waals surface area contributed by atoms with E-state index in [0.29, 0.717) is 23.6 Å². The predicted molar refractivity (Wildman–Crippen MR) is 76.3 cm³/mol. The van der Waals surface area contributed by atoms with E-state index in [0.717, 1.165) is 0 Å². The first-order valence-corrected chi connectivity index (χ1v) is 6.62. The maximum Gasteiger partial charge on any atom is 0.170 e. The van der Waals surface area contributed by atoms with Crippen LogP contribution in [0.5, 0.6) is 5.75 Å². The van der Waals surface area contributed by atoms with Crippen LogP contribution >= 0.6 is 0 Å². The summed E-state index contributed by atoms with van der Waals surface area (Å²) >= 11 is 0. The SMILES string of the molecule is CCOc1ccc(C(=O)C(C)(C)C)c(-n2nccn2)c1. The summed E-state index contributed by atoms with van der Waals surface area (Å²) in [6.07, 6.45) is 3.16. The third-order valence-electron chi connectivity index (χ3n) is 2.84. The van der Waals surface area contributed by atoms with E-state index in [1.54, 1.807) is 30.6 Å². The molecule has 0 radical (unpaired) electrons. The van der Waals surface area contributed by atoms with Gasteiger partial charge >= 0.3 is 0 Å². The number of benzene rings is 1. The van der Waals surface area contributed by atoms with Crippen LogP contribution < -0.4 is 4.74 Å². The number of ether oxygens (including phenoxy) is 1. The number of rotatable bonds is 4. The quantitative estimate of drug-likeness (QED) is 0.804. The molecule has 0 atom stereocenters. The molecule has 0 saturated carbocycles. The van der Waals surface area contributed by atoms with Crippen LogP contribution in [0.25, 0.3) is 5.69 Å². The largest absolute Gasteiger partial charge is 0.494 e. The van der Waals surface area contributed by atoms with E-state index < -0.39 is 5.41 Å². The molecule has 0 bridgehead atoms. The van der Waals surface area contributed by atoms with Gasteiger partial charge in [-0.05, 0) is 19.1 Å². The highest BCUT2D eigenvalue weighted by molar-refractivity contribution is 6.02. The van der Waals surface area contributed by atoms with Crippen LogP contribution in [0.15, 0.2) is 30.6 Å². The summed E-state index contributed by atoms with van der Waals surface area (Å²) in [5, 5.41) is 8.22. The van der Waals surface area contributed by atoms with Gasteiger partial charge in [0.25, 0.3) is 0 Å². The number of Topliss-reactive ketones (excluding diaryl/α,β-unsaturated/α-hetero) is 1. The van der Waals surface area contributed by atoms with Crippen LogP contribution in [0.4, 0.5) is 0 Å². The summed E-state index contributed by atoms with van der Waals surface area (Å²) < 4.78 is 5.48. The Kier molecular flexibility index (Phi) is 3.88. The molecule has 0 saturated heterocycles. The summed E-state index contributed by atoms with van der Waals surface area (Å²) in [7, 11) is 0. The normalized spacial score (nSPS) is 11.4. The van der Waals surface area contributed by atoms with Gasteiger partial charge in [-0.25, -0.2) is 0 Å². The van der Waals surface area contributed by atoms with Gasteiger partial charge in [-0.15, -0.1) is 0 Å². The van der Waals surface area contributed by atoms with E-state index in [1.165, 1.54) is 4.80 Å². The second kappa shape index (κ2) is 5.45. The fourth-order valence-electron chi connectivity index (χ4n) is 1.87. The van der Waals surface area contributed by atoms with Gasteiger partial charge in [0.2, 0.25) is 0 Å². The van der Waals surface area contributed by atoms with E-state index in [1.807, 2.05) is 27.7 Å². The number of hydrogen-bond acceptors (Lipinski definition) is 4. The topological polar surface area (TPSA) is 57.0 Å². The lowest BCUT2D eigenvalue weighted by atomic mass is 9.86. The molecular formula is C15H19N3O2. The van der Waals surface area contributed by atoms with E-state index in [2.05, 4.69) is 10.2 Å². The van der Waals surface area contributed by atoms with Gasteiger partial charge in [0.05, 0.1) is 19.0 Å². The second-order valence-corrected chi connectivity index (χ2v) is 5.51. The van der Waals surface area contributed by atoms with Crippen molar-refractivity contribution in [2.75, 3.05) is 6.61 Å². The first-order valence-electron chi connectivity index (χ1n) is 6.62. The Morgan fingerprint density at radius 2 is 1.90 bits per heavy atom. The molecule has 0 aliphatic rings. The van der Waals surface area contributed by atoms with Crippen LogP contribution in [0, 0.1) is 5.41 Å². The van der Waals surface area contributed by atoms with E-state index >= 15 is 0 Å². The fraction of sp³-hybridized carbons (Fsp3) is 0.400. The van der Waals surface area contributed by atoms with E-state index in [9.17, 15) is 4.79 Å². The standard InChI is InChI=1S/C15H19N3O2/c1-5-20-11-6-7-12(14(19)15(2,3)4)13(10-11)18-16-8-9-17-18/h6-10H,5H2,1-4H3. The van der Waals surface area contributed by atoms with E-state index in [4.69, 9.17) is 4.74 Å². The number of carbonyl (C=O) groups excluding carboxylic acids is 1. The third-order valence-corrected chi connectivity index (χ3v) is 2.84. The van der Waals surface area contributed by atoms with Gasteiger partial charge < -0.3 is 4.74 Å². The first kappa shape index (κ1) is 14.2. The molecule has 2 rings (SSSR count). The second-order valence-electron chi connectivity index (χ2n) is 5.51. The van der Waals surface area contributed by atoms with Crippen LogP contribution in [0.1, 0.15) is 38.1 Å². The molecule has 0 aliphatic heterocycles. The molecule has 1 aromatic carbocycles. The number of nitrogens with zero attached hydrogens (tertiary/aromatic N) is 3. The lowest BCUT2D eigenvalue weighted by molar-refractivity contribution is 0.0858. The number of ketones is 1. The Hall–Kier alpha value is -2.17. The molecule has 0 aliphatic carbocycles. The van der Waals surface area contributed by atoms with Gasteiger partial charge in [-0.1, -0.05) is 20.8 Å². The zero-order valence-corrected chi connectivity index (χ0v) is 12.3. The Morgan fingerprint density at radius 3 is 2.45 bits per heavy atom. The van der Waals surface area contributed by atoms with Gasteiger partial charge in [-0.3, -0.25) is 4.79 Å². The number of hydrogen-bond donors (Lipinski definition) is 0. The summed E-state index contributed by atoms with van der Waals surface area (Å²) in [4.78, 5) is 14.0.